The van der Waals surface area contributed by atoms with E-state index >= 15 is 0 Å². The highest BCUT2D eigenvalue weighted by Gasteiger charge is 1.90. The fraction of sp³-hybridized carbons (Fsp3) is 1.00. The first-order valence-electron chi connectivity index (χ1n) is 5.05. The number of hydrogen-bond acceptors (Lipinski definition) is 3. The van der Waals surface area contributed by atoms with Gasteiger partial charge in [-0.2, -0.15) is 0 Å². The zero-order valence-electron chi connectivity index (χ0n) is 9.12. The van der Waals surface area contributed by atoms with Gasteiger partial charge in [-0.25, -0.2) is 0 Å². The minimum absolute atomic E-state index is 0.319. The molecule has 0 radical (unpaired) electrons. The summed E-state index contributed by atoms with van der Waals surface area (Å²) in [5.41, 5.74) is 0. The van der Waals surface area contributed by atoms with E-state index in [1.54, 1.807) is 6.92 Å². The van der Waals surface area contributed by atoms with E-state index in [0.717, 1.165) is 12.8 Å². The topological polar surface area (TPSA) is 49.7 Å². The van der Waals surface area contributed by atoms with Crippen LogP contribution in [0.4, 0.5) is 0 Å². The molecule has 0 spiro atoms. The van der Waals surface area contributed by atoms with Crippen molar-refractivity contribution < 1.29 is 14.9 Å². The van der Waals surface area contributed by atoms with E-state index in [2.05, 4.69) is 6.92 Å². The van der Waals surface area contributed by atoms with Gasteiger partial charge < -0.3 is 14.9 Å². The molecule has 0 aromatic heterocycles. The summed E-state index contributed by atoms with van der Waals surface area (Å²) in [6.07, 6.45) is 3.01. The predicted molar refractivity (Wildman–Crippen MR) is 54.8 cm³/mol. The molecule has 82 valence electrons. The Morgan fingerprint density at radius 2 is 1.85 bits per heavy atom. The summed E-state index contributed by atoms with van der Waals surface area (Å²) in [5.74, 6) is 0. The molecule has 0 rings (SSSR count). The first-order chi connectivity index (χ1) is 6.18. The van der Waals surface area contributed by atoms with Gasteiger partial charge in [-0.05, 0) is 20.3 Å². The molecule has 0 aliphatic heterocycles. The molecular weight excluding hydrogens is 168 g/mol. The van der Waals surface area contributed by atoms with E-state index in [9.17, 15) is 0 Å². The third-order valence-electron chi connectivity index (χ3n) is 1.32. The van der Waals surface area contributed by atoms with Crippen molar-refractivity contribution in [3.05, 3.63) is 0 Å². The van der Waals surface area contributed by atoms with Gasteiger partial charge in [0.05, 0.1) is 12.7 Å². The second-order valence-electron chi connectivity index (χ2n) is 2.94. The van der Waals surface area contributed by atoms with Crippen molar-refractivity contribution in [1.29, 1.82) is 0 Å². The summed E-state index contributed by atoms with van der Waals surface area (Å²) in [4.78, 5) is 0. The molecule has 13 heavy (non-hydrogen) atoms. The third kappa shape index (κ3) is 24.5. The number of unbranched alkanes of at least 4 members (excludes halogenated alkanes) is 2. The molecule has 0 amide bonds. The fourth-order valence-electron chi connectivity index (χ4n) is 0.650. The molecule has 3 nitrogen and oxygen atoms in total. The maximum Gasteiger partial charge on any atom is 0.0745 e. The van der Waals surface area contributed by atoms with E-state index in [4.69, 9.17) is 14.9 Å². The number of ether oxygens (including phenoxy) is 1. The summed E-state index contributed by atoms with van der Waals surface area (Å²) in [7, 11) is 0. The Morgan fingerprint density at radius 1 is 1.23 bits per heavy atom. The van der Waals surface area contributed by atoms with Crippen molar-refractivity contribution in [3.63, 3.8) is 0 Å². The number of rotatable bonds is 6. The lowest BCUT2D eigenvalue weighted by Gasteiger charge is -2.00. The zero-order valence-corrected chi connectivity index (χ0v) is 9.12. The molecule has 0 saturated carbocycles. The van der Waals surface area contributed by atoms with Crippen LogP contribution in [0.3, 0.4) is 0 Å². The maximum atomic E-state index is 8.56. The van der Waals surface area contributed by atoms with Crippen LogP contribution in [0, 0.1) is 0 Å². The van der Waals surface area contributed by atoms with Crippen molar-refractivity contribution in [2.24, 2.45) is 0 Å². The highest BCUT2D eigenvalue weighted by atomic mass is 16.5. The van der Waals surface area contributed by atoms with Crippen LogP contribution in [0.5, 0.6) is 0 Å². The first-order valence-corrected chi connectivity index (χ1v) is 5.05. The largest absolute Gasteiger partial charge is 0.396 e. The summed E-state index contributed by atoms with van der Waals surface area (Å²) >= 11 is 0. The SMILES string of the molecule is CCCCCO.CCOCC(C)O. The molecule has 2 N–H and O–H groups in total. The van der Waals surface area contributed by atoms with Crippen molar-refractivity contribution in [2.75, 3.05) is 19.8 Å². The van der Waals surface area contributed by atoms with Crippen LogP contribution in [-0.2, 0) is 4.74 Å². The van der Waals surface area contributed by atoms with Crippen molar-refractivity contribution >= 4 is 0 Å². The Bertz CT molecular complexity index is 70.6. The van der Waals surface area contributed by atoms with Gasteiger partial charge in [0, 0.05) is 13.2 Å². The lowest BCUT2D eigenvalue weighted by atomic mass is 10.3. The molecule has 3 heteroatoms. The molecular formula is C10H24O3. The molecule has 0 aliphatic rings. The van der Waals surface area contributed by atoms with Gasteiger partial charge in [0.25, 0.3) is 0 Å². The monoisotopic (exact) mass is 192 g/mol. The van der Waals surface area contributed by atoms with Crippen molar-refractivity contribution in [2.45, 2.75) is 46.1 Å². The van der Waals surface area contributed by atoms with Crippen LogP contribution < -0.4 is 0 Å². The smallest absolute Gasteiger partial charge is 0.0745 e. The Kier molecular flexibility index (Phi) is 17.0. The quantitative estimate of drug-likeness (QED) is 0.628. The van der Waals surface area contributed by atoms with Crippen molar-refractivity contribution in [1.82, 2.24) is 0 Å². The molecule has 0 fully saturated rings. The standard InChI is InChI=1S/C5H12O2.C5H12O/c1-3-7-4-5(2)6;1-2-3-4-5-6/h5-6H,3-4H2,1-2H3;6H,2-5H2,1H3. The van der Waals surface area contributed by atoms with E-state index < -0.39 is 0 Å². The Hall–Kier alpha value is -0.120. The van der Waals surface area contributed by atoms with Crippen LogP contribution in [-0.4, -0.2) is 36.1 Å². The van der Waals surface area contributed by atoms with Crippen molar-refractivity contribution in [3.8, 4) is 0 Å². The van der Waals surface area contributed by atoms with Gasteiger partial charge in [0.2, 0.25) is 0 Å². The molecule has 0 heterocycles. The Labute approximate surface area is 81.7 Å². The summed E-state index contributed by atoms with van der Waals surface area (Å²) in [6.45, 7) is 7.23. The highest BCUT2D eigenvalue weighted by molar-refractivity contribution is 4.38. The minimum Gasteiger partial charge on any atom is -0.396 e. The summed E-state index contributed by atoms with van der Waals surface area (Å²) < 4.78 is 4.84. The normalized spacial score (nSPS) is 11.8. The lowest BCUT2D eigenvalue weighted by Crippen LogP contribution is -2.09. The number of aliphatic hydroxyl groups is 2. The van der Waals surface area contributed by atoms with Gasteiger partial charge in [-0.1, -0.05) is 19.8 Å². The minimum atomic E-state index is -0.319. The Balaban J connectivity index is 0. The van der Waals surface area contributed by atoms with Gasteiger partial charge in [-0.3, -0.25) is 0 Å². The van der Waals surface area contributed by atoms with E-state index in [1.165, 1.54) is 6.42 Å². The van der Waals surface area contributed by atoms with Gasteiger partial charge >= 0.3 is 0 Å². The number of hydrogen-bond donors (Lipinski definition) is 2. The van der Waals surface area contributed by atoms with E-state index in [-0.39, 0.29) is 6.10 Å². The van der Waals surface area contributed by atoms with Crippen LogP contribution in [0.2, 0.25) is 0 Å². The zero-order chi connectivity index (χ0) is 10.5. The summed E-state index contributed by atoms with van der Waals surface area (Å²) in [6, 6.07) is 0. The van der Waals surface area contributed by atoms with Gasteiger partial charge in [-0.15, -0.1) is 0 Å². The summed E-state index contributed by atoms with van der Waals surface area (Å²) in [5, 5.41) is 16.8. The Morgan fingerprint density at radius 3 is 2.00 bits per heavy atom. The van der Waals surface area contributed by atoms with E-state index in [0.29, 0.717) is 19.8 Å². The second kappa shape index (κ2) is 14.4. The van der Waals surface area contributed by atoms with Crippen LogP contribution in [0.25, 0.3) is 0 Å². The lowest BCUT2D eigenvalue weighted by molar-refractivity contribution is 0.0527. The molecule has 0 bridgehead atoms. The number of aliphatic hydroxyl groups excluding tert-OH is 2. The molecule has 0 saturated heterocycles. The maximum absolute atomic E-state index is 8.56. The average Bonchev–Trinajstić information content (AvgIpc) is 2.12. The van der Waals surface area contributed by atoms with Crippen LogP contribution >= 0.6 is 0 Å². The third-order valence-corrected chi connectivity index (χ3v) is 1.32. The fourth-order valence-corrected chi connectivity index (χ4v) is 0.650. The molecule has 1 atom stereocenters. The van der Waals surface area contributed by atoms with Gasteiger partial charge in [0.1, 0.15) is 0 Å². The van der Waals surface area contributed by atoms with Crippen LogP contribution in [0.1, 0.15) is 40.0 Å². The first kappa shape index (κ1) is 15.4. The van der Waals surface area contributed by atoms with Gasteiger partial charge in [0.15, 0.2) is 0 Å². The predicted octanol–water partition coefficient (Wildman–Crippen LogP) is 1.57. The molecule has 0 aromatic carbocycles. The molecule has 0 aromatic rings. The average molecular weight is 192 g/mol. The molecule has 1 unspecified atom stereocenters. The highest BCUT2D eigenvalue weighted by Crippen LogP contribution is 1.89. The second-order valence-corrected chi connectivity index (χ2v) is 2.94. The van der Waals surface area contributed by atoms with Crippen LogP contribution in [0.15, 0.2) is 0 Å². The van der Waals surface area contributed by atoms with E-state index in [1.807, 2.05) is 6.92 Å². The molecule has 0 aliphatic carbocycles.